The van der Waals surface area contributed by atoms with Crippen LogP contribution in [0.5, 0.6) is 11.5 Å². The summed E-state index contributed by atoms with van der Waals surface area (Å²) in [6.07, 6.45) is 2.24. The number of ether oxygens (including phenoxy) is 2. The lowest BCUT2D eigenvalue weighted by Gasteiger charge is -2.15. The summed E-state index contributed by atoms with van der Waals surface area (Å²) in [5.74, 6) is -1.17. The van der Waals surface area contributed by atoms with Gasteiger partial charge in [0.2, 0.25) is 5.91 Å². The summed E-state index contributed by atoms with van der Waals surface area (Å²) in [5.41, 5.74) is 3.17. The fourth-order valence-electron chi connectivity index (χ4n) is 4.14. The van der Waals surface area contributed by atoms with Crippen molar-refractivity contribution in [3.63, 3.8) is 0 Å². The van der Waals surface area contributed by atoms with Crippen molar-refractivity contribution in [1.29, 1.82) is 0 Å². The van der Waals surface area contributed by atoms with Crippen LogP contribution in [-0.4, -0.2) is 47.0 Å². The summed E-state index contributed by atoms with van der Waals surface area (Å²) < 4.78 is 12.5. The number of urea groups is 1. The summed E-state index contributed by atoms with van der Waals surface area (Å²) >= 11 is 2.09. The first kappa shape index (κ1) is 29.6. The highest BCUT2D eigenvalue weighted by molar-refractivity contribution is 14.1. The molecule has 0 unspecified atom stereocenters. The molecule has 1 fully saturated rings. The lowest BCUT2D eigenvalue weighted by Crippen LogP contribution is -2.38. The Hall–Kier alpha value is -4.39. The Bertz CT molecular complexity index is 1520. The number of halogens is 1. The highest BCUT2D eigenvalue weighted by Crippen LogP contribution is 2.36. The van der Waals surface area contributed by atoms with Gasteiger partial charge in [-0.15, -0.1) is 0 Å². The fraction of sp³-hybridized carbons (Fsp3) is 0.200. The van der Waals surface area contributed by atoms with Gasteiger partial charge in [0.25, 0.3) is 5.91 Å². The molecule has 0 spiro atoms. The predicted octanol–water partition coefficient (Wildman–Crippen LogP) is 5.06. The molecule has 41 heavy (non-hydrogen) atoms. The number of carbonyl (C=O) groups excluding carboxylic acids is 3. The number of para-hydroxylation sites is 1. The third-order valence-corrected chi connectivity index (χ3v) is 6.96. The topological polar surface area (TPSA) is 134 Å². The summed E-state index contributed by atoms with van der Waals surface area (Å²) in [7, 11) is 0. The third-order valence-electron chi connectivity index (χ3n) is 6.16. The van der Waals surface area contributed by atoms with Gasteiger partial charge < -0.3 is 25.2 Å². The zero-order chi connectivity index (χ0) is 29.5. The van der Waals surface area contributed by atoms with Gasteiger partial charge in [0.05, 0.1) is 15.7 Å². The van der Waals surface area contributed by atoms with E-state index >= 15 is 0 Å². The van der Waals surface area contributed by atoms with E-state index in [0.29, 0.717) is 32.9 Å². The van der Waals surface area contributed by atoms with Crippen molar-refractivity contribution >= 4 is 58.2 Å². The van der Waals surface area contributed by atoms with Crippen LogP contribution in [0.3, 0.4) is 0 Å². The lowest BCUT2D eigenvalue weighted by molar-refractivity contribution is -0.127. The SMILES string of the molecule is CCOc1cc(/C=C2/NC(=O)N(CC(=O)Nc3ccccc3CC)C2=O)cc(I)c1OCc1ccc(C(=O)O)cc1. The number of benzene rings is 3. The smallest absolute Gasteiger partial charge is 0.335 e. The molecule has 4 rings (SSSR count). The molecule has 10 nitrogen and oxygen atoms in total. The molecule has 0 aliphatic carbocycles. The molecule has 3 aromatic rings. The van der Waals surface area contributed by atoms with Gasteiger partial charge in [0.15, 0.2) is 11.5 Å². The Kier molecular flexibility index (Phi) is 9.61. The average molecular weight is 669 g/mol. The minimum atomic E-state index is -1.00. The van der Waals surface area contributed by atoms with E-state index in [4.69, 9.17) is 14.6 Å². The molecule has 11 heteroatoms. The Morgan fingerprint density at radius 3 is 2.46 bits per heavy atom. The van der Waals surface area contributed by atoms with Crippen LogP contribution in [0.15, 0.2) is 66.4 Å². The molecule has 212 valence electrons. The Morgan fingerprint density at radius 2 is 1.78 bits per heavy atom. The van der Waals surface area contributed by atoms with Crippen molar-refractivity contribution in [1.82, 2.24) is 10.2 Å². The predicted molar refractivity (Wildman–Crippen MR) is 161 cm³/mol. The first-order valence-electron chi connectivity index (χ1n) is 12.8. The van der Waals surface area contributed by atoms with E-state index in [1.54, 1.807) is 36.4 Å². The number of carboxylic acid groups (broad SMARTS) is 1. The molecule has 3 N–H and O–H groups in total. The molecule has 1 aliphatic heterocycles. The maximum Gasteiger partial charge on any atom is 0.335 e. The number of hydrogen-bond acceptors (Lipinski definition) is 6. The van der Waals surface area contributed by atoms with E-state index < -0.39 is 30.4 Å². The number of carboxylic acids is 1. The monoisotopic (exact) mass is 669 g/mol. The second-order valence-electron chi connectivity index (χ2n) is 8.99. The zero-order valence-corrected chi connectivity index (χ0v) is 24.6. The Labute approximate surface area is 250 Å². The number of anilines is 1. The summed E-state index contributed by atoms with van der Waals surface area (Å²) in [6.45, 7) is 3.92. The number of amides is 4. The Balaban J connectivity index is 1.48. The lowest BCUT2D eigenvalue weighted by atomic mass is 10.1. The quantitative estimate of drug-likeness (QED) is 0.148. The van der Waals surface area contributed by atoms with Crippen LogP contribution in [0.2, 0.25) is 0 Å². The van der Waals surface area contributed by atoms with Gasteiger partial charge in [-0.3, -0.25) is 9.59 Å². The second kappa shape index (κ2) is 13.3. The summed E-state index contributed by atoms with van der Waals surface area (Å²) in [6, 6.07) is 16.5. The number of aromatic carboxylic acids is 1. The maximum atomic E-state index is 13.0. The average Bonchev–Trinajstić information content (AvgIpc) is 3.20. The van der Waals surface area contributed by atoms with Gasteiger partial charge in [-0.25, -0.2) is 14.5 Å². The molecular formula is C30H28IN3O7. The van der Waals surface area contributed by atoms with Crippen molar-refractivity contribution in [3.8, 4) is 11.5 Å². The van der Waals surface area contributed by atoms with Gasteiger partial charge in [0, 0.05) is 5.69 Å². The van der Waals surface area contributed by atoms with Crippen molar-refractivity contribution in [3.05, 3.63) is 92.2 Å². The summed E-state index contributed by atoms with van der Waals surface area (Å²) in [4.78, 5) is 50.2. The van der Waals surface area contributed by atoms with Crippen LogP contribution in [0.4, 0.5) is 10.5 Å². The number of nitrogens with one attached hydrogen (secondary N) is 2. The number of rotatable bonds is 11. The van der Waals surface area contributed by atoms with Gasteiger partial charge in [-0.2, -0.15) is 0 Å². The largest absolute Gasteiger partial charge is 0.490 e. The van der Waals surface area contributed by atoms with Gasteiger partial charge in [-0.1, -0.05) is 37.3 Å². The maximum absolute atomic E-state index is 13.0. The zero-order valence-electron chi connectivity index (χ0n) is 22.4. The van der Waals surface area contributed by atoms with E-state index in [1.807, 2.05) is 26.0 Å². The van der Waals surface area contributed by atoms with Crippen LogP contribution in [-0.2, 0) is 22.6 Å². The molecule has 0 radical (unpaired) electrons. The number of carbonyl (C=O) groups is 4. The van der Waals surface area contributed by atoms with Crippen LogP contribution in [0, 0.1) is 3.57 Å². The highest BCUT2D eigenvalue weighted by atomic mass is 127. The minimum absolute atomic E-state index is 0.0298. The minimum Gasteiger partial charge on any atom is -0.490 e. The molecule has 0 atom stereocenters. The van der Waals surface area contributed by atoms with Gasteiger partial charge in [-0.05, 0) is 89.0 Å². The number of imide groups is 1. The Morgan fingerprint density at radius 1 is 1.05 bits per heavy atom. The van der Waals surface area contributed by atoms with E-state index in [0.717, 1.165) is 22.4 Å². The molecule has 1 aliphatic rings. The van der Waals surface area contributed by atoms with Crippen molar-refractivity contribution < 1.29 is 33.8 Å². The number of hydrogen-bond donors (Lipinski definition) is 3. The normalized spacial score (nSPS) is 13.7. The van der Waals surface area contributed by atoms with Crippen LogP contribution < -0.4 is 20.1 Å². The van der Waals surface area contributed by atoms with Crippen LogP contribution in [0.25, 0.3) is 6.08 Å². The van der Waals surface area contributed by atoms with E-state index in [9.17, 15) is 19.2 Å². The van der Waals surface area contributed by atoms with E-state index in [2.05, 4.69) is 33.2 Å². The number of aryl methyl sites for hydroxylation is 1. The van der Waals surface area contributed by atoms with Crippen molar-refractivity contribution in [2.45, 2.75) is 26.9 Å². The molecule has 1 saturated heterocycles. The van der Waals surface area contributed by atoms with Crippen LogP contribution >= 0.6 is 22.6 Å². The van der Waals surface area contributed by atoms with E-state index in [1.165, 1.54) is 18.2 Å². The van der Waals surface area contributed by atoms with Gasteiger partial charge >= 0.3 is 12.0 Å². The standard InChI is InChI=1S/C30H28IN3O7/c1-3-20-7-5-6-8-23(20)32-26(35)16-34-28(36)24(33-30(34)39)14-19-13-22(31)27(25(15-19)40-4-2)41-17-18-9-11-21(12-10-18)29(37)38/h5-15H,3-4,16-17H2,1-2H3,(H,32,35)(H,33,39)(H,37,38)/b24-14+. The molecule has 3 aromatic carbocycles. The molecule has 0 saturated carbocycles. The molecule has 4 amide bonds. The number of nitrogens with zero attached hydrogens (tertiary/aromatic N) is 1. The molecule has 1 heterocycles. The molecule has 0 aromatic heterocycles. The second-order valence-corrected chi connectivity index (χ2v) is 10.2. The third kappa shape index (κ3) is 7.23. The van der Waals surface area contributed by atoms with E-state index in [-0.39, 0.29) is 17.9 Å². The summed E-state index contributed by atoms with van der Waals surface area (Å²) in [5, 5.41) is 14.4. The molecule has 0 bridgehead atoms. The van der Waals surface area contributed by atoms with Gasteiger partial charge in [0.1, 0.15) is 18.8 Å². The first-order valence-corrected chi connectivity index (χ1v) is 13.9. The highest BCUT2D eigenvalue weighted by Gasteiger charge is 2.35. The fourth-order valence-corrected chi connectivity index (χ4v) is 4.92. The van der Waals surface area contributed by atoms with Crippen molar-refractivity contribution in [2.24, 2.45) is 0 Å². The first-order chi connectivity index (χ1) is 19.7. The van der Waals surface area contributed by atoms with Crippen molar-refractivity contribution in [2.75, 3.05) is 18.5 Å². The molecular weight excluding hydrogens is 641 g/mol. The van der Waals surface area contributed by atoms with Crippen LogP contribution in [0.1, 0.15) is 40.9 Å².